The number of nitrogens with zero attached hydrogens (tertiary/aromatic N) is 2. The van der Waals surface area contributed by atoms with Gasteiger partial charge in [0.05, 0.1) is 11.6 Å². The first-order valence-corrected chi connectivity index (χ1v) is 11.6. The lowest BCUT2D eigenvalue weighted by Gasteiger charge is -2.61. The van der Waals surface area contributed by atoms with Gasteiger partial charge in [-0.1, -0.05) is 31.2 Å². The number of rotatable bonds is 1. The molecule has 0 spiro atoms. The first kappa shape index (κ1) is 20.2. The van der Waals surface area contributed by atoms with Crippen LogP contribution in [0.2, 0.25) is 0 Å². The summed E-state index contributed by atoms with van der Waals surface area (Å²) in [5.41, 5.74) is 2.50. The number of carbonyl (C=O) groups is 2. The lowest BCUT2D eigenvalue weighted by molar-refractivity contribution is -0.149. The van der Waals surface area contributed by atoms with E-state index < -0.39 is 5.54 Å². The minimum Gasteiger partial charge on any atom is -0.274 e. The number of benzene rings is 1. The summed E-state index contributed by atoms with van der Waals surface area (Å²) in [5.74, 6) is 1.18. The summed E-state index contributed by atoms with van der Waals surface area (Å²) in [5, 5.41) is 9.37. The average molecular weight is 415 g/mol. The molecule has 0 unspecified atom stereocenters. The molecule has 5 atom stereocenters. The Morgan fingerprint density at radius 3 is 2.61 bits per heavy atom. The largest absolute Gasteiger partial charge is 0.274 e. The molecule has 1 aromatic rings. The summed E-state index contributed by atoms with van der Waals surface area (Å²) in [6.45, 7) is 4.53. The van der Waals surface area contributed by atoms with Crippen molar-refractivity contribution in [3.8, 4) is 6.07 Å². The lowest BCUT2D eigenvalue weighted by atomic mass is 9.48. The number of hydrogen-bond donors (Lipinski definition) is 0. The molecule has 1 aliphatic heterocycles. The van der Waals surface area contributed by atoms with Crippen LogP contribution < -0.4 is 0 Å². The molecule has 4 heteroatoms. The van der Waals surface area contributed by atoms with Crippen LogP contribution in [0.25, 0.3) is 0 Å². The first-order valence-electron chi connectivity index (χ1n) is 11.6. The SMILES string of the molecule is C[C@]12CCC(C#N)=CC1=CC[C@@H]1[C@@H]2CC[C@@]2(C)[C@H]1CCC(=O)N2C(=O)c1ccccc1. The van der Waals surface area contributed by atoms with Crippen LogP contribution in [0.4, 0.5) is 0 Å². The van der Waals surface area contributed by atoms with Gasteiger partial charge in [-0.05, 0) is 92.4 Å². The highest BCUT2D eigenvalue weighted by atomic mass is 16.2. The van der Waals surface area contributed by atoms with Crippen LogP contribution in [-0.4, -0.2) is 22.3 Å². The zero-order valence-corrected chi connectivity index (χ0v) is 18.4. The molecule has 4 nitrogen and oxygen atoms in total. The monoisotopic (exact) mass is 414 g/mol. The van der Waals surface area contributed by atoms with Gasteiger partial charge < -0.3 is 0 Å². The molecule has 160 valence electrons. The average Bonchev–Trinajstić information content (AvgIpc) is 2.78. The summed E-state index contributed by atoms with van der Waals surface area (Å²) in [4.78, 5) is 28.1. The summed E-state index contributed by atoms with van der Waals surface area (Å²) in [6.07, 6.45) is 10.5. The molecule has 0 bridgehead atoms. The third-order valence-electron chi connectivity index (χ3n) is 8.92. The van der Waals surface area contributed by atoms with Gasteiger partial charge in [0, 0.05) is 17.6 Å². The maximum Gasteiger partial charge on any atom is 0.260 e. The third kappa shape index (κ3) is 2.93. The summed E-state index contributed by atoms with van der Waals surface area (Å²) in [7, 11) is 0. The topological polar surface area (TPSA) is 61.2 Å². The molecule has 1 saturated carbocycles. The highest BCUT2D eigenvalue weighted by molar-refractivity contribution is 6.05. The Labute approximate surface area is 184 Å². The molecule has 0 aromatic heterocycles. The van der Waals surface area contributed by atoms with Crippen molar-refractivity contribution in [2.24, 2.45) is 23.2 Å². The van der Waals surface area contributed by atoms with E-state index in [1.54, 1.807) is 4.90 Å². The fourth-order valence-electron chi connectivity index (χ4n) is 7.25. The molecule has 5 rings (SSSR count). The molecule has 2 amide bonds. The molecule has 31 heavy (non-hydrogen) atoms. The fourth-order valence-corrected chi connectivity index (χ4v) is 7.25. The van der Waals surface area contributed by atoms with Crippen molar-refractivity contribution < 1.29 is 9.59 Å². The van der Waals surface area contributed by atoms with Crippen molar-refractivity contribution in [1.29, 1.82) is 5.26 Å². The van der Waals surface area contributed by atoms with E-state index in [1.807, 2.05) is 30.3 Å². The highest BCUT2D eigenvalue weighted by Gasteiger charge is 2.59. The van der Waals surface area contributed by atoms with E-state index >= 15 is 0 Å². The zero-order chi connectivity index (χ0) is 21.8. The van der Waals surface area contributed by atoms with Crippen molar-refractivity contribution in [3.05, 3.63) is 59.2 Å². The van der Waals surface area contributed by atoms with Gasteiger partial charge in [-0.3, -0.25) is 14.5 Å². The molecule has 2 fully saturated rings. The predicted octanol–water partition coefficient (Wildman–Crippen LogP) is 5.43. The number of hydrogen-bond acceptors (Lipinski definition) is 3. The molecule has 1 heterocycles. The van der Waals surface area contributed by atoms with Crippen LogP contribution in [0.15, 0.2) is 53.6 Å². The molecule has 0 radical (unpaired) electrons. The summed E-state index contributed by atoms with van der Waals surface area (Å²) < 4.78 is 0. The van der Waals surface area contributed by atoms with E-state index in [2.05, 4.69) is 32.1 Å². The van der Waals surface area contributed by atoms with E-state index in [-0.39, 0.29) is 17.2 Å². The maximum atomic E-state index is 13.4. The Bertz CT molecular complexity index is 1030. The number of imide groups is 1. The van der Waals surface area contributed by atoms with Crippen LogP contribution in [0.5, 0.6) is 0 Å². The number of carbonyl (C=O) groups excluding carboxylic acids is 2. The van der Waals surface area contributed by atoms with Crippen molar-refractivity contribution in [3.63, 3.8) is 0 Å². The number of nitriles is 1. The summed E-state index contributed by atoms with van der Waals surface area (Å²) >= 11 is 0. The normalized spacial score (nSPS) is 36.9. The molecule has 4 aliphatic rings. The Morgan fingerprint density at radius 2 is 1.87 bits per heavy atom. The highest BCUT2D eigenvalue weighted by Crippen LogP contribution is 2.61. The quantitative estimate of drug-likeness (QED) is 0.576. The fraction of sp³-hybridized carbons (Fsp3) is 0.519. The molecular formula is C27H30N2O2. The van der Waals surface area contributed by atoms with E-state index in [9.17, 15) is 14.9 Å². The van der Waals surface area contributed by atoms with Crippen LogP contribution in [0.3, 0.4) is 0 Å². The van der Waals surface area contributed by atoms with Crippen molar-refractivity contribution in [2.75, 3.05) is 0 Å². The second-order valence-corrected chi connectivity index (χ2v) is 10.3. The summed E-state index contributed by atoms with van der Waals surface area (Å²) in [6, 6.07) is 11.6. The van der Waals surface area contributed by atoms with E-state index in [0.29, 0.717) is 29.7 Å². The molecule has 1 saturated heterocycles. The van der Waals surface area contributed by atoms with Gasteiger partial charge in [0.15, 0.2) is 0 Å². The van der Waals surface area contributed by atoms with Crippen LogP contribution in [0.1, 0.15) is 69.2 Å². The van der Waals surface area contributed by atoms with Gasteiger partial charge in [0.1, 0.15) is 0 Å². The molecule has 1 aromatic carbocycles. The Morgan fingerprint density at radius 1 is 1.10 bits per heavy atom. The van der Waals surface area contributed by atoms with Crippen LogP contribution >= 0.6 is 0 Å². The Hall–Kier alpha value is -2.67. The second kappa shape index (κ2) is 7.19. The van der Waals surface area contributed by atoms with Gasteiger partial charge in [-0.25, -0.2) is 0 Å². The standard InChI is InChI=1S/C27H30N2O2/c1-26-14-12-18(17-28)16-20(26)8-9-21-22(26)13-15-27(2)23(21)10-11-24(30)29(27)25(31)19-6-4-3-5-7-19/h3-8,16,21-23H,9-15H2,1-2H3/t21-,22+,23+,26+,27+/m1/s1. The van der Waals surface area contributed by atoms with Gasteiger partial charge in [0.2, 0.25) is 5.91 Å². The van der Waals surface area contributed by atoms with Gasteiger partial charge >= 0.3 is 0 Å². The minimum atomic E-state index is -0.423. The number of amides is 2. The zero-order valence-electron chi connectivity index (χ0n) is 18.4. The van der Waals surface area contributed by atoms with Crippen LogP contribution in [0, 0.1) is 34.5 Å². The number of allylic oxidation sites excluding steroid dienone is 4. The predicted molar refractivity (Wildman–Crippen MR) is 119 cm³/mol. The van der Waals surface area contributed by atoms with Gasteiger partial charge in [-0.15, -0.1) is 0 Å². The Kier molecular flexibility index (Phi) is 4.70. The maximum absolute atomic E-state index is 13.4. The third-order valence-corrected chi connectivity index (χ3v) is 8.92. The number of fused-ring (bicyclic) bond motifs is 5. The minimum absolute atomic E-state index is 0.0245. The Balaban J connectivity index is 1.50. The van der Waals surface area contributed by atoms with Crippen molar-refractivity contribution in [1.82, 2.24) is 4.90 Å². The molecule has 3 aliphatic carbocycles. The molecular weight excluding hydrogens is 384 g/mol. The second-order valence-electron chi connectivity index (χ2n) is 10.3. The van der Waals surface area contributed by atoms with Crippen molar-refractivity contribution >= 4 is 11.8 Å². The number of piperidine rings is 1. The molecule has 0 N–H and O–H groups in total. The van der Waals surface area contributed by atoms with Crippen molar-refractivity contribution in [2.45, 2.75) is 64.3 Å². The first-order chi connectivity index (χ1) is 14.9. The smallest absolute Gasteiger partial charge is 0.260 e. The van der Waals surface area contributed by atoms with E-state index in [4.69, 9.17) is 0 Å². The van der Waals surface area contributed by atoms with E-state index in [0.717, 1.165) is 44.1 Å². The van der Waals surface area contributed by atoms with Gasteiger partial charge in [-0.2, -0.15) is 5.26 Å². The van der Waals surface area contributed by atoms with Gasteiger partial charge in [0.25, 0.3) is 5.91 Å². The number of likely N-dealkylation sites (tertiary alicyclic amines) is 1. The van der Waals surface area contributed by atoms with E-state index in [1.165, 1.54) is 5.57 Å². The van der Waals surface area contributed by atoms with Crippen LogP contribution in [-0.2, 0) is 4.79 Å². The lowest BCUT2D eigenvalue weighted by Crippen LogP contribution is -2.65.